The Bertz CT molecular complexity index is 780. The second-order valence-electron chi connectivity index (χ2n) is 8.02. The van der Waals surface area contributed by atoms with E-state index >= 15 is 0 Å². The van der Waals surface area contributed by atoms with E-state index in [1.165, 1.54) is 0 Å². The Morgan fingerprint density at radius 3 is 2.37 bits per heavy atom. The molecule has 0 radical (unpaired) electrons. The van der Waals surface area contributed by atoms with Crippen LogP contribution in [0.5, 0.6) is 5.75 Å². The first-order valence-corrected chi connectivity index (χ1v) is 10.6. The van der Waals surface area contributed by atoms with E-state index in [0.29, 0.717) is 65.1 Å². The molecule has 0 saturated carbocycles. The van der Waals surface area contributed by atoms with Gasteiger partial charge in [0.05, 0.1) is 26.0 Å². The Morgan fingerprint density at radius 1 is 1.03 bits per heavy atom. The average molecular weight is 415 g/mol. The van der Waals surface area contributed by atoms with E-state index in [4.69, 9.17) is 14.3 Å². The minimum atomic E-state index is -0.551. The maximum atomic E-state index is 12.9. The monoisotopic (exact) mass is 415 g/mol. The molecule has 0 aromatic heterocycles. The van der Waals surface area contributed by atoms with Crippen LogP contribution in [0.1, 0.15) is 24.8 Å². The molecular formula is C22H29N3O5. The van der Waals surface area contributed by atoms with E-state index in [2.05, 4.69) is 5.16 Å². The van der Waals surface area contributed by atoms with E-state index < -0.39 is 6.10 Å². The van der Waals surface area contributed by atoms with Crippen LogP contribution in [0.25, 0.3) is 0 Å². The highest BCUT2D eigenvalue weighted by Crippen LogP contribution is 2.24. The molecule has 4 rings (SSSR count). The van der Waals surface area contributed by atoms with Crippen molar-refractivity contribution in [3.05, 3.63) is 29.8 Å². The Labute approximate surface area is 176 Å². The van der Waals surface area contributed by atoms with Gasteiger partial charge in [0, 0.05) is 44.9 Å². The maximum absolute atomic E-state index is 12.9. The number of amides is 2. The molecule has 8 nitrogen and oxygen atoms in total. The molecule has 1 unspecified atom stereocenters. The SMILES string of the molecule is COc1ccc(CC2=NOC(C(=O)N3CCC(C(=O)N4CCOCC4)CC3)C2)cc1. The number of carbonyl (C=O) groups is 2. The molecule has 2 amide bonds. The second-order valence-corrected chi connectivity index (χ2v) is 8.02. The van der Waals surface area contributed by atoms with Crippen LogP contribution in [0.4, 0.5) is 0 Å². The molecule has 0 bridgehead atoms. The van der Waals surface area contributed by atoms with Gasteiger partial charge in [-0.2, -0.15) is 0 Å². The van der Waals surface area contributed by atoms with Crippen LogP contribution in [0.3, 0.4) is 0 Å². The van der Waals surface area contributed by atoms with Gasteiger partial charge >= 0.3 is 0 Å². The molecule has 0 N–H and O–H groups in total. The molecule has 162 valence electrons. The molecule has 1 atom stereocenters. The van der Waals surface area contributed by atoms with Gasteiger partial charge < -0.3 is 24.1 Å². The summed E-state index contributed by atoms with van der Waals surface area (Å²) in [6.07, 6.45) is 2.02. The number of oxime groups is 1. The van der Waals surface area contributed by atoms with Crippen molar-refractivity contribution in [3.8, 4) is 5.75 Å². The first-order valence-electron chi connectivity index (χ1n) is 10.6. The Hall–Kier alpha value is -2.61. The van der Waals surface area contributed by atoms with Gasteiger partial charge in [-0.25, -0.2) is 0 Å². The third kappa shape index (κ3) is 4.75. The number of hydrogen-bond acceptors (Lipinski definition) is 6. The highest BCUT2D eigenvalue weighted by Gasteiger charge is 2.36. The summed E-state index contributed by atoms with van der Waals surface area (Å²) in [5, 5.41) is 4.14. The van der Waals surface area contributed by atoms with Crippen LogP contribution in [-0.4, -0.2) is 79.9 Å². The molecule has 3 heterocycles. The lowest BCUT2D eigenvalue weighted by Crippen LogP contribution is -2.49. The number of benzene rings is 1. The van der Waals surface area contributed by atoms with E-state index in [1.807, 2.05) is 34.1 Å². The summed E-state index contributed by atoms with van der Waals surface area (Å²) < 4.78 is 10.5. The molecule has 3 aliphatic heterocycles. The predicted octanol–water partition coefficient (Wildman–Crippen LogP) is 1.48. The van der Waals surface area contributed by atoms with E-state index in [1.54, 1.807) is 7.11 Å². The normalized spacial score (nSPS) is 22.4. The summed E-state index contributed by atoms with van der Waals surface area (Å²) in [6, 6.07) is 7.81. The van der Waals surface area contributed by atoms with Gasteiger partial charge in [0.2, 0.25) is 12.0 Å². The van der Waals surface area contributed by atoms with Crippen LogP contribution in [0.2, 0.25) is 0 Å². The molecule has 2 saturated heterocycles. The topological polar surface area (TPSA) is 80.7 Å². The number of carbonyl (C=O) groups excluding carboxylic acids is 2. The number of likely N-dealkylation sites (tertiary alicyclic amines) is 1. The van der Waals surface area contributed by atoms with Gasteiger partial charge in [-0.1, -0.05) is 17.3 Å². The number of methoxy groups -OCH3 is 1. The summed E-state index contributed by atoms with van der Waals surface area (Å²) in [5.74, 6) is 0.985. The summed E-state index contributed by atoms with van der Waals surface area (Å²) in [5.41, 5.74) is 1.98. The summed E-state index contributed by atoms with van der Waals surface area (Å²) in [4.78, 5) is 34.7. The molecule has 8 heteroatoms. The lowest BCUT2D eigenvalue weighted by molar-refractivity contribution is -0.148. The van der Waals surface area contributed by atoms with Crippen LogP contribution in [0.15, 0.2) is 29.4 Å². The van der Waals surface area contributed by atoms with E-state index in [-0.39, 0.29) is 17.7 Å². The summed E-state index contributed by atoms with van der Waals surface area (Å²) in [7, 11) is 1.64. The van der Waals surface area contributed by atoms with Gasteiger partial charge in [-0.3, -0.25) is 9.59 Å². The third-order valence-corrected chi connectivity index (χ3v) is 6.05. The lowest BCUT2D eigenvalue weighted by Gasteiger charge is -2.36. The number of nitrogens with zero attached hydrogens (tertiary/aromatic N) is 3. The molecular weight excluding hydrogens is 386 g/mol. The molecule has 1 aromatic rings. The van der Waals surface area contributed by atoms with Gasteiger partial charge in [-0.15, -0.1) is 0 Å². The minimum Gasteiger partial charge on any atom is -0.497 e. The van der Waals surface area contributed by atoms with Crippen molar-refractivity contribution in [2.24, 2.45) is 11.1 Å². The molecule has 2 fully saturated rings. The van der Waals surface area contributed by atoms with Crippen molar-refractivity contribution in [2.75, 3.05) is 46.5 Å². The van der Waals surface area contributed by atoms with Crippen molar-refractivity contribution in [1.82, 2.24) is 9.80 Å². The lowest BCUT2D eigenvalue weighted by atomic mass is 9.94. The zero-order valence-corrected chi connectivity index (χ0v) is 17.4. The standard InChI is InChI=1S/C22H29N3O5/c1-28-19-4-2-16(3-5-19)14-18-15-20(30-23-18)22(27)24-8-6-17(7-9-24)21(26)25-10-12-29-13-11-25/h2-5,17,20H,6-15H2,1H3. The number of piperidine rings is 1. The van der Waals surface area contributed by atoms with Gasteiger partial charge in [-0.05, 0) is 30.5 Å². The minimum absolute atomic E-state index is 0.00136. The second kappa shape index (κ2) is 9.47. The maximum Gasteiger partial charge on any atom is 0.266 e. The Kier molecular flexibility index (Phi) is 6.52. The average Bonchev–Trinajstić information content (AvgIpc) is 3.28. The smallest absolute Gasteiger partial charge is 0.266 e. The van der Waals surface area contributed by atoms with Gasteiger partial charge in [0.25, 0.3) is 5.91 Å². The van der Waals surface area contributed by atoms with E-state index in [9.17, 15) is 9.59 Å². The molecule has 30 heavy (non-hydrogen) atoms. The van der Waals surface area contributed by atoms with Crippen molar-refractivity contribution >= 4 is 17.5 Å². The van der Waals surface area contributed by atoms with Crippen molar-refractivity contribution < 1.29 is 23.9 Å². The Balaban J connectivity index is 1.23. The molecule has 0 aliphatic carbocycles. The van der Waals surface area contributed by atoms with Gasteiger partial charge in [0.15, 0.2) is 0 Å². The zero-order chi connectivity index (χ0) is 20.9. The fraction of sp³-hybridized carbons (Fsp3) is 0.591. The van der Waals surface area contributed by atoms with Crippen molar-refractivity contribution in [2.45, 2.75) is 31.8 Å². The Morgan fingerprint density at radius 2 is 1.70 bits per heavy atom. The van der Waals surface area contributed by atoms with Crippen molar-refractivity contribution in [3.63, 3.8) is 0 Å². The number of morpholine rings is 1. The predicted molar refractivity (Wildman–Crippen MR) is 110 cm³/mol. The zero-order valence-electron chi connectivity index (χ0n) is 17.4. The van der Waals surface area contributed by atoms with Crippen LogP contribution >= 0.6 is 0 Å². The summed E-state index contributed by atoms with van der Waals surface area (Å²) in [6.45, 7) is 3.74. The molecule has 0 spiro atoms. The number of ether oxygens (including phenoxy) is 2. The summed E-state index contributed by atoms with van der Waals surface area (Å²) >= 11 is 0. The molecule has 1 aromatic carbocycles. The van der Waals surface area contributed by atoms with Gasteiger partial charge in [0.1, 0.15) is 5.75 Å². The highest BCUT2D eigenvalue weighted by molar-refractivity contribution is 5.94. The highest BCUT2D eigenvalue weighted by atomic mass is 16.6. The largest absolute Gasteiger partial charge is 0.497 e. The first kappa shape index (κ1) is 20.7. The fourth-order valence-corrected chi connectivity index (χ4v) is 4.23. The van der Waals surface area contributed by atoms with Crippen LogP contribution in [-0.2, 0) is 25.6 Å². The van der Waals surface area contributed by atoms with Crippen molar-refractivity contribution in [1.29, 1.82) is 0 Å². The van der Waals surface area contributed by atoms with Crippen LogP contribution < -0.4 is 4.74 Å². The quantitative estimate of drug-likeness (QED) is 0.728. The first-order chi connectivity index (χ1) is 14.6. The van der Waals surface area contributed by atoms with Crippen LogP contribution in [0, 0.1) is 5.92 Å². The number of rotatable bonds is 5. The molecule has 3 aliphatic rings. The number of hydrogen-bond donors (Lipinski definition) is 0. The van der Waals surface area contributed by atoms with E-state index in [0.717, 1.165) is 17.0 Å². The fourth-order valence-electron chi connectivity index (χ4n) is 4.23. The third-order valence-electron chi connectivity index (χ3n) is 6.05.